The molecule has 0 aliphatic carbocycles. The van der Waals surface area contributed by atoms with Crippen LogP contribution in [-0.2, 0) is 37.5 Å². The average Bonchev–Trinajstić information content (AvgIpc) is 3.11. The molecule has 13 heteroatoms. The minimum atomic E-state index is -4.74. The van der Waals surface area contributed by atoms with E-state index < -0.39 is 51.1 Å². The normalized spacial score (nSPS) is 15.1. The zero-order chi connectivity index (χ0) is 39.4. The third-order valence-electron chi connectivity index (χ3n) is 7.76. The predicted molar refractivity (Wildman–Crippen MR) is 209 cm³/mol. The van der Waals surface area contributed by atoms with Crippen LogP contribution >= 0.6 is 7.82 Å². The summed E-state index contributed by atoms with van der Waals surface area (Å²) in [6.07, 6.45) is 35.8. The number of unbranched alkanes of at least 4 members (excludes halogenated alkanes) is 9. The molecule has 5 N–H and O–H groups in total. The number of aliphatic hydroxyl groups is 1. The van der Waals surface area contributed by atoms with Crippen molar-refractivity contribution in [2.75, 3.05) is 19.8 Å². The van der Waals surface area contributed by atoms with Gasteiger partial charge in [-0.05, 0) is 84.0 Å². The first-order valence-electron chi connectivity index (χ1n) is 19.3. The maximum absolute atomic E-state index is 12.5. The lowest BCUT2D eigenvalue weighted by atomic mass is 10.1. The number of carboxylic acid groups (broad SMARTS) is 1. The first-order chi connectivity index (χ1) is 25.5. The summed E-state index contributed by atoms with van der Waals surface area (Å²) in [7, 11) is -4.74. The SMILES string of the molecule is CCCC/C=C\CCCCCCCC(=O)OC[C@H](COP(=O)(O)OC[C@H](N)C(=O)O)OC(=O)CCC/C=C\C/C=C\C/C=C\C/C=C\CCC[C@H](C)O. The molecule has 0 aliphatic heterocycles. The number of phosphoric acid groups is 1. The van der Waals surface area contributed by atoms with Crippen molar-refractivity contribution in [1.82, 2.24) is 0 Å². The van der Waals surface area contributed by atoms with Gasteiger partial charge < -0.3 is 30.3 Å². The standard InChI is InChI=1S/C40H68NO11P/c1-3-4-5-6-7-8-14-18-21-24-27-30-38(43)49-32-36(33-50-53(47,48)51-34-37(41)40(45)46)52-39(44)31-28-25-22-19-16-13-11-9-10-12-15-17-20-23-26-29-35(2)42/h6-7,10-13,17,19-20,22,35-37,42H,3-5,8-9,14-16,18,21,23-34,41H2,1-2H3,(H,45,46)(H,47,48)/b7-6-,12-10-,13-11-,20-17-,22-19-/t35-,36+,37-/m0/s1. The summed E-state index contributed by atoms with van der Waals surface area (Å²) in [4.78, 5) is 45.7. The van der Waals surface area contributed by atoms with Gasteiger partial charge in [0.15, 0.2) is 6.10 Å². The second-order valence-corrected chi connectivity index (χ2v) is 14.4. The minimum Gasteiger partial charge on any atom is -0.480 e. The van der Waals surface area contributed by atoms with E-state index in [4.69, 9.17) is 24.8 Å². The van der Waals surface area contributed by atoms with Gasteiger partial charge in [0, 0.05) is 12.8 Å². The largest absolute Gasteiger partial charge is 0.480 e. The lowest BCUT2D eigenvalue weighted by molar-refractivity contribution is -0.161. The highest BCUT2D eigenvalue weighted by Gasteiger charge is 2.28. The van der Waals surface area contributed by atoms with Crippen LogP contribution in [0.25, 0.3) is 0 Å². The molecular formula is C40H68NO11P. The number of aliphatic hydroxyl groups excluding tert-OH is 1. The van der Waals surface area contributed by atoms with Gasteiger partial charge in [-0.2, -0.15) is 0 Å². The number of hydrogen-bond acceptors (Lipinski definition) is 10. The Labute approximate surface area is 318 Å². The molecular weight excluding hydrogens is 701 g/mol. The maximum atomic E-state index is 12.5. The number of rotatable bonds is 35. The van der Waals surface area contributed by atoms with E-state index in [0.717, 1.165) is 77.0 Å². The summed E-state index contributed by atoms with van der Waals surface area (Å²) in [5.74, 6) is -2.50. The van der Waals surface area contributed by atoms with Crippen molar-refractivity contribution in [1.29, 1.82) is 0 Å². The Morgan fingerprint density at radius 3 is 1.75 bits per heavy atom. The van der Waals surface area contributed by atoms with E-state index in [1.54, 1.807) is 6.92 Å². The Kier molecular flexibility index (Phi) is 33.0. The molecule has 0 bridgehead atoms. The van der Waals surface area contributed by atoms with Gasteiger partial charge in [0.25, 0.3) is 0 Å². The van der Waals surface area contributed by atoms with Crippen molar-refractivity contribution in [3.63, 3.8) is 0 Å². The molecule has 4 atom stereocenters. The number of carboxylic acids is 1. The van der Waals surface area contributed by atoms with Crippen LogP contribution in [0.1, 0.15) is 136 Å². The molecule has 0 fully saturated rings. The minimum absolute atomic E-state index is 0.0692. The van der Waals surface area contributed by atoms with Crippen molar-refractivity contribution in [3.05, 3.63) is 60.8 Å². The number of carbonyl (C=O) groups is 3. The molecule has 0 heterocycles. The van der Waals surface area contributed by atoms with E-state index in [0.29, 0.717) is 19.3 Å². The highest BCUT2D eigenvalue weighted by Crippen LogP contribution is 2.43. The Bertz CT molecular complexity index is 1150. The summed E-state index contributed by atoms with van der Waals surface area (Å²) in [5.41, 5.74) is 5.31. The first kappa shape index (κ1) is 50.1. The van der Waals surface area contributed by atoms with Gasteiger partial charge in [0.1, 0.15) is 12.6 Å². The molecule has 0 aromatic rings. The molecule has 0 saturated carbocycles. The molecule has 0 spiro atoms. The molecule has 0 aliphatic rings. The van der Waals surface area contributed by atoms with Crippen molar-refractivity contribution in [3.8, 4) is 0 Å². The molecule has 53 heavy (non-hydrogen) atoms. The molecule has 0 aromatic heterocycles. The fourth-order valence-electron chi connectivity index (χ4n) is 4.64. The van der Waals surface area contributed by atoms with E-state index in [1.807, 2.05) is 12.2 Å². The van der Waals surface area contributed by atoms with Crippen LogP contribution < -0.4 is 5.73 Å². The fraction of sp³-hybridized carbons (Fsp3) is 0.675. The van der Waals surface area contributed by atoms with Gasteiger partial charge in [0.05, 0.1) is 19.3 Å². The monoisotopic (exact) mass is 769 g/mol. The van der Waals surface area contributed by atoms with E-state index in [9.17, 15) is 28.9 Å². The van der Waals surface area contributed by atoms with Crippen molar-refractivity contribution in [2.24, 2.45) is 5.73 Å². The molecule has 0 amide bonds. The van der Waals surface area contributed by atoms with E-state index in [-0.39, 0.29) is 25.6 Å². The molecule has 0 saturated heterocycles. The van der Waals surface area contributed by atoms with Crippen molar-refractivity contribution in [2.45, 2.75) is 154 Å². The molecule has 1 unspecified atom stereocenters. The Morgan fingerprint density at radius 2 is 1.15 bits per heavy atom. The summed E-state index contributed by atoms with van der Waals surface area (Å²) in [6.45, 7) is 2.21. The topological polar surface area (TPSA) is 192 Å². The van der Waals surface area contributed by atoms with Gasteiger partial charge in [-0.1, -0.05) is 99.8 Å². The van der Waals surface area contributed by atoms with Crippen molar-refractivity contribution < 1.29 is 52.6 Å². The third-order valence-corrected chi connectivity index (χ3v) is 8.71. The Hall–Kier alpha value is -2.86. The van der Waals surface area contributed by atoms with Crippen LogP contribution in [0.5, 0.6) is 0 Å². The number of hydrogen-bond donors (Lipinski definition) is 4. The van der Waals surface area contributed by atoms with Gasteiger partial charge >= 0.3 is 25.7 Å². The third kappa shape index (κ3) is 35.9. The van der Waals surface area contributed by atoms with Gasteiger partial charge in [-0.25, -0.2) is 4.57 Å². The zero-order valence-electron chi connectivity index (χ0n) is 32.2. The van der Waals surface area contributed by atoms with Gasteiger partial charge in [-0.15, -0.1) is 0 Å². The van der Waals surface area contributed by atoms with E-state index in [2.05, 4.69) is 60.1 Å². The number of esters is 2. The predicted octanol–water partition coefficient (Wildman–Crippen LogP) is 8.58. The van der Waals surface area contributed by atoms with Crippen LogP contribution in [0.4, 0.5) is 0 Å². The lowest BCUT2D eigenvalue weighted by Gasteiger charge is -2.20. The number of allylic oxidation sites excluding steroid dienone is 10. The molecule has 0 radical (unpaired) electrons. The second kappa shape index (κ2) is 34.9. The van der Waals surface area contributed by atoms with E-state index in [1.165, 1.54) is 12.8 Å². The second-order valence-electron chi connectivity index (χ2n) is 13.0. The summed E-state index contributed by atoms with van der Waals surface area (Å²) >= 11 is 0. The number of ether oxygens (including phenoxy) is 2. The van der Waals surface area contributed by atoms with Crippen LogP contribution in [0, 0.1) is 0 Å². The number of carbonyl (C=O) groups excluding carboxylic acids is 2. The average molecular weight is 770 g/mol. The Morgan fingerprint density at radius 1 is 0.660 bits per heavy atom. The zero-order valence-corrected chi connectivity index (χ0v) is 33.1. The van der Waals surface area contributed by atoms with Crippen LogP contribution in [0.15, 0.2) is 60.8 Å². The Balaban J connectivity index is 4.55. The highest BCUT2D eigenvalue weighted by molar-refractivity contribution is 7.47. The molecule has 0 aromatic carbocycles. The lowest BCUT2D eigenvalue weighted by Crippen LogP contribution is -2.34. The number of aliphatic carboxylic acids is 1. The molecule has 12 nitrogen and oxygen atoms in total. The number of nitrogens with two attached hydrogens (primary N) is 1. The van der Waals surface area contributed by atoms with E-state index >= 15 is 0 Å². The van der Waals surface area contributed by atoms with Crippen LogP contribution in [0.3, 0.4) is 0 Å². The smallest absolute Gasteiger partial charge is 0.472 e. The maximum Gasteiger partial charge on any atom is 0.472 e. The molecule has 0 rings (SSSR count). The van der Waals surface area contributed by atoms with Gasteiger partial charge in [-0.3, -0.25) is 23.4 Å². The highest BCUT2D eigenvalue weighted by atomic mass is 31.2. The molecule has 304 valence electrons. The van der Waals surface area contributed by atoms with Gasteiger partial charge in [0.2, 0.25) is 0 Å². The summed E-state index contributed by atoms with van der Waals surface area (Å²) < 4.78 is 32.5. The summed E-state index contributed by atoms with van der Waals surface area (Å²) in [5, 5.41) is 18.1. The quantitative estimate of drug-likeness (QED) is 0.0208. The summed E-state index contributed by atoms with van der Waals surface area (Å²) in [6, 6.07) is -1.54. The van der Waals surface area contributed by atoms with Crippen molar-refractivity contribution >= 4 is 25.7 Å². The first-order valence-corrected chi connectivity index (χ1v) is 20.8. The van der Waals surface area contributed by atoms with Crippen LogP contribution in [0.2, 0.25) is 0 Å². The number of phosphoric ester groups is 1. The van der Waals surface area contributed by atoms with Crippen LogP contribution in [-0.4, -0.2) is 71.1 Å². The fourth-order valence-corrected chi connectivity index (χ4v) is 5.42.